The highest BCUT2D eigenvalue weighted by Crippen LogP contribution is 2.47. The highest BCUT2D eigenvalue weighted by molar-refractivity contribution is 6.21. The van der Waals surface area contributed by atoms with E-state index in [1.165, 1.54) is 11.0 Å². The van der Waals surface area contributed by atoms with Crippen LogP contribution in [0.2, 0.25) is 0 Å². The molecule has 0 aromatic heterocycles. The molecular formula is C17H12FNO2. The van der Waals surface area contributed by atoms with Gasteiger partial charge in [-0.2, -0.15) is 0 Å². The third-order valence-corrected chi connectivity index (χ3v) is 4.22. The third-order valence-electron chi connectivity index (χ3n) is 4.22. The molecule has 2 atom stereocenters. The minimum atomic E-state index is -0.276. The van der Waals surface area contributed by atoms with Crippen molar-refractivity contribution < 1.29 is 14.0 Å². The Hall–Kier alpha value is -2.49. The van der Waals surface area contributed by atoms with Gasteiger partial charge in [-0.25, -0.2) is 4.39 Å². The highest BCUT2D eigenvalue weighted by Gasteiger charge is 2.51. The number of carbonyl (C=O) groups is 2. The third kappa shape index (κ3) is 1.72. The maximum Gasteiger partial charge on any atom is 0.261 e. The SMILES string of the molecule is O=C1c2ccccc2C(=O)N1[C@@H]1C[C@@H]1c1ccccc1F. The largest absolute Gasteiger partial charge is 0.271 e. The zero-order valence-corrected chi connectivity index (χ0v) is 11.1. The number of hydrogen-bond acceptors (Lipinski definition) is 2. The fourth-order valence-corrected chi connectivity index (χ4v) is 3.09. The first-order valence-corrected chi connectivity index (χ1v) is 6.90. The summed E-state index contributed by atoms with van der Waals surface area (Å²) in [5.41, 5.74) is 1.47. The highest BCUT2D eigenvalue weighted by atomic mass is 19.1. The summed E-state index contributed by atoms with van der Waals surface area (Å²) in [5, 5.41) is 0. The standard InChI is InChI=1S/C17H12FNO2/c18-14-8-4-3-5-10(14)13-9-15(13)19-16(20)11-6-1-2-7-12(11)17(19)21/h1-8,13,15H,9H2/t13-,15-/m1/s1. The van der Waals surface area contributed by atoms with Gasteiger partial charge in [-0.1, -0.05) is 30.3 Å². The Morgan fingerprint density at radius 3 is 2.10 bits per heavy atom. The van der Waals surface area contributed by atoms with Crippen LogP contribution >= 0.6 is 0 Å². The number of carbonyl (C=O) groups excluding carboxylic acids is 2. The van der Waals surface area contributed by atoms with Crippen molar-refractivity contribution in [3.63, 3.8) is 0 Å². The first-order valence-electron chi connectivity index (χ1n) is 6.90. The number of halogens is 1. The van der Waals surface area contributed by atoms with E-state index in [-0.39, 0.29) is 29.6 Å². The lowest BCUT2D eigenvalue weighted by atomic mass is 10.1. The van der Waals surface area contributed by atoms with Gasteiger partial charge < -0.3 is 0 Å². The van der Waals surface area contributed by atoms with Crippen molar-refractivity contribution in [3.8, 4) is 0 Å². The maximum atomic E-state index is 13.8. The van der Waals surface area contributed by atoms with Gasteiger partial charge in [0.1, 0.15) is 5.82 Å². The van der Waals surface area contributed by atoms with Crippen LogP contribution in [0.15, 0.2) is 48.5 Å². The van der Waals surface area contributed by atoms with Crippen LogP contribution in [0.5, 0.6) is 0 Å². The molecule has 0 spiro atoms. The minimum Gasteiger partial charge on any atom is -0.271 e. The Morgan fingerprint density at radius 1 is 0.905 bits per heavy atom. The Balaban J connectivity index is 1.65. The summed E-state index contributed by atoms with van der Waals surface area (Å²) in [6.07, 6.45) is 0.631. The van der Waals surface area contributed by atoms with Crippen molar-refractivity contribution in [2.45, 2.75) is 18.4 Å². The predicted molar refractivity (Wildman–Crippen MR) is 74.5 cm³/mol. The second-order valence-corrected chi connectivity index (χ2v) is 5.46. The van der Waals surface area contributed by atoms with Gasteiger partial charge in [0.25, 0.3) is 11.8 Å². The molecule has 104 valence electrons. The summed E-state index contributed by atoms with van der Waals surface area (Å²) in [7, 11) is 0. The molecule has 21 heavy (non-hydrogen) atoms. The first-order chi connectivity index (χ1) is 10.2. The molecule has 0 radical (unpaired) electrons. The Bertz CT molecular complexity index is 736. The van der Waals surface area contributed by atoms with Crippen molar-refractivity contribution >= 4 is 11.8 Å². The zero-order valence-electron chi connectivity index (χ0n) is 11.1. The molecule has 2 aromatic carbocycles. The van der Waals surface area contributed by atoms with Crippen LogP contribution in [-0.4, -0.2) is 22.8 Å². The molecule has 4 heteroatoms. The number of rotatable bonds is 2. The van der Waals surface area contributed by atoms with Crippen molar-refractivity contribution in [2.75, 3.05) is 0 Å². The van der Waals surface area contributed by atoms with Gasteiger partial charge in [-0.3, -0.25) is 14.5 Å². The molecule has 3 nitrogen and oxygen atoms in total. The molecular weight excluding hydrogens is 269 g/mol. The van der Waals surface area contributed by atoms with E-state index < -0.39 is 0 Å². The summed E-state index contributed by atoms with van der Waals surface area (Å²) in [4.78, 5) is 26.0. The summed E-state index contributed by atoms with van der Waals surface area (Å²) in [6, 6.07) is 13.1. The predicted octanol–water partition coefficient (Wildman–Crippen LogP) is 2.98. The maximum absolute atomic E-state index is 13.8. The molecule has 1 fully saturated rings. The number of hydrogen-bond donors (Lipinski definition) is 0. The second kappa shape index (κ2) is 4.25. The quantitative estimate of drug-likeness (QED) is 0.794. The van der Waals surface area contributed by atoms with Gasteiger partial charge >= 0.3 is 0 Å². The van der Waals surface area contributed by atoms with Crippen LogP contribution in [-0.2, 0) is 0 Å². The van der Waals surface area contributed by atoms with Crippen molar-refractivity contribution in [1.82, 2.24) is 4.90 Å². The topological polar surface area (TPSA) is 37.4 Å². The van der Waals surface area contributed by atoms with Gasteiger partial charge in [-0.05, 0) is 30.2 Å². The lowest BCUT2D eigenvalue weighted by molar-refractivity contribution is 0.0639. The molecule has 4 rings (SSSR count). The number of imide groups is 1. The molecule has 1 heterocycles. The average molecular weight is 281 g/mol. The van der Waals surface area contributed by atoms with E-state index in [9.17, 15) is 14.0 Å². The van der Waals surface area contributed by atoms with Crippen LogP contribution in [0.3, 0.4) is 0 Å². The van der Waals surface area contributed by atoms with E-state index in [0.29, 0.717) is 23.1 Å². The number of fused-ring (bicyclic) bond motifs is 1. The van der Waals surface area contributed by atoms with Crippen LogP contribution in [0.25, 0.3) is 0 Å². The van der Waals surface area contributed by atoms with Crippen molar-refractivity contribution in [2.24, 2.45) is 0 Å². The molecule has 1 saturated carbocycles. The van der Waals surface area contributed by atoms with Gasteiger partial charge in [0.15, 0.2) is 0 Å². The van der Waals surface area contributed by atoms with Crippen molar-refractivity contribution in [3.05, 3.63) is 71.0 Å². The van der Waals surface area contributed by atoms with E-state index in [2.05, 4.69) is 0 Å². The molecule has 2 aromatic rings. The molecule has 2 aliphatic rings. The monoisotopic (exact) mass is 281 g/mol. The molecule has 0 bridgehead atoms. The summed E-state index contributed by atoms with van der Waals surface area (Å²) >= 11 is 0. The second-order valence-electron chi connectivity index (χ2n) is 5.46. The van der Waals surface area contributed by atoms with Gasteiger partial charge in [0.05, 0.1) is 11.1 Å². The molecule has 2 amide bonds. The van der Waals surface area contributed by atoms with E-state index in [1.54, 1.807) is 42.5 Å². The van der Waals surface area contributed by atoms with Gasteiger partial charge in [-0.15, -0.1) is 0 Å². The van der Waals surface area contributed by atoms with Crippen LogP contribution in [0, 0.1) is 5.82 Å². The van der Waals surface area contributed by atoms with Crippen LogP contribution < -0.4 is 0 Å². The molecule has 0 N–H and O–H groups in total. The molecule has 0 saturated heterocycles. The first kappa shape index (κ1) is 12.3. The normalized spacial score (nSPS) is 23.4. The fourth-order valence-electron chi connectivity index (χ4n) is 3.09. The van der Waals surface area contributed by atoms with Crippen LogP contribution in [0.1, 0.15) is 38.6 Å². The minimum absolute atomic E-state index is 0.0894. The zero-order chi connectivity index (χ0) is 14.6. The smallest absolute Gasteiger partial charge is 0.261 e. The Kier molecular flexibility index (Phi) is 2.48. The number of benzene rings is 2. The molecule has 1 aliphatic heterocycles. The van der Waals surface area contributed by atoms with Crippen LogP contribution in [0.4, 0.5) is 4.39 Å². The summed E-state index contributed by atoms with van der Waals surface area (Å²) in [5.74, 6) is -0.895. The number of amides is 2. The Morgan fingerprint density at radius 2 is 1.48 bits per heavy atom. The van der Waals surface area contributed by atoms with Crippen molar-refractivity contribution in [1.29, 1.82) is 0 Å². The molecule has 1 aliphatic carbocycles. The van der Waals surface area contributed by atoms with E-state index in [1.807, 2.05) is 0 Å². The molecule has 0 unspecified atom stereocenters. The lowest BCUT2D eigenvalue weighted by Crippen LogP contribution is -2.32. The van der Waals surface area contributed by atoms with E-state index >= 15 is 0 Å². The summed E-state index contributed by atoms with van der Waals surface area (Å²) in [6.45, 7) is 0. The van der Waals surface area contributed by atoms with Gasteiger partial charge in [0.2, 0.25) is 0 Å². The van der Waals surface area contributed by atoms with Gasteiger partial charge in [0, 0.05) is 12.0 Å². The average Bonchev–Trinajstić information content (AvgIpc) is 3.23. The number of nitrogens with zero attached hydrogens (tertiary/aromatic N) is 1. The lowest BCUT2D eigenvalue weighted by Gasteiger charge is -2.14. The summed E-state index contributed by atoms with van der Waals surface area (Å²) < 4.78 is 13.8. The Labute approximate surface area is 121 Å². The fraction of sp³-hybridized carbons (Fsp3) is 0.176. The van der Waals surface area contributed by atoms with E-state index in [0.717, 1.165) is 0 Å². The van der Waals surface area contributed by atoms with E-state index in [4.69, 9.17) is 0 Å².